The van der Waals surface area contributed by atoms with Crippen molar-refractivity contribution in [3.05, 3.63) is 0 Å². The van der Waals surface area contributed by atoms with Gasteiger partial charge in [0.05, 0.1) is 0 Å². The highest BCUT2D eigenvalue weighted by atomic mass is 32.3. The summed E-state index contributed by atoms with van der Waals surface area (Å²) in [5, 5.41) is 0. The third kappa shape index (κ3) is 2.84. The Balaban J connectivity index is 2.15. The Morgan fingerprint density at radius 1 is 1.00 bits per heavy atom. The molecule has 2 aliphatic rings. The lowest BCUT2D eigenvalue weighted by molar-refractivity contribution is 0.319. The van der Waals surface area contributed by atoms with Gasteiger partial charge in [-0.3, -0.25) is 0 Å². The third-order valence-electron chi connectivity index (χ3n) is 4.33. The van der Waals surface area contributed by atoms with Gasteiger partial charge in [-0.05, 0) is 43.4 Å². The van der Waals surface area contributed by atoms with Crippen LogP contribution < -0.4 is 0 Å². The lowest BCUT2D eigenvalue weighted by atomic mass is 9.87. The van der Waals surface area contributed by atoms with E-state index in [0.29, 0.717) is 24.2 Å². The largest absolute Gasteiger partial charge is 0.228 e. The van der Waals surface area contributed by atoms with E-state index in [1.54, 1.807) is 0 Å². The van der Waals surface area contributed by atoms with Crippen molar-refractivity contribution in [2.75, 3.05) is 12.5 Å². The molecule has 6 heteroatoms. The van der Waals surface area contributed by atoms with E-state index >= 15 is 0 Å². The fourth-order valence-corrected chi connectivity index (χ4v) is 7.31. The smallest absolute Gasteiger partial charge is 0.164 e. The molecule has 0 aromatic carbocycles. The number of fused-ring (bicyclic) bond motifs is 2. The van der Waals surface area contributed by atoms with Crippen LogP contribution >= 0.6 is 0 Å². The van der Waals surface area contributed by atoms with Gasteiger partial charge in [-0.2, -0.15) is 0 Å². The fourth-order valence-electron chi connectivity index (χ4n) is 3.58. The molecule has 0 spiro atoms. The third-order valence-corrected chi connectivity index (χ3v) is 8.73. The predicted molar refractivity (Wildman–Crippen MR) is 67.0 cm³/mol. The highest BCUT2D eigenvalue weighted by Crippen LogP contribution is 2.50. The minimum atomic E-state index is -3.51. The van der Waals surface area contributed by atoms with Crippen molar-refractivity contribution in [3.63, 3.8) is 0 Å². The molecule has 2 aliphatic carbocycles. The average molecular weight is 280 g/mol. The second-order valence-electron chi connectivity index (χ2n) is 5.76. The maximum atomic E-state index is 11.6. The summed E-state index contributed by atoms with van der Waals surface area (Å²) in [5.41, 5.74) is 0. The summed E-state index contributed by atoms with van der Waals surface area (Å²) in [7, 11) is -7.03. The molecule has 4 nitrogen and oxygen atoms in total. The topological polar surface area (TPSA) is 68.3 Å². The second kappa shape index (κ2) is 4.23. The molecule has 100 valence electrons. The maximum absolute atomic E-state index is 11.6. The predicted octanol–water partition coefficient (Wildman–Crippen LogP) is 1.23. The first-order valence-corrected chi connectivity index (χ1v) is 9.96. The summed E-state index contributed by atoms with van der Waals surface area (Å²) < 4.78 is 45.2. The summed E-state index contributed by atoms with van der Waals surface area (Å²) in [6.07, 6.45) is 6.95. The van der Waals surface area contributed by atoms with Crippen LogP contribution in [0.25, 0.3) is 0 Å². The Hall–Kier alpha value is -0.100. The zero-order valence-corrected chi connectivity index (χ0v) is 11.9. The molecule has 0 aromatic heterocycles. The summed E-state index contributed by atoms with van der Waals surface area (Å²) in [6, 6.07) is 0. The van der Waals surface area contributed by atoms with Crippen LogP contribution in [-0.4, -0.2) is 33.9 Å². The van der Waals surface area contributed by atoms with E-state index < -0.39 is 24.3 Å². The molecular weight excluding hydrogens is 260 g/mol. The maximum Gasteiger partial charge on any atom is 0.164 e. The number of rotatable bonds is 4. The monoisotopic (exact) mass is 280 g/mol. The number of hydrogen-bond acceptors (Lipinski definition) is 4. The van der Waals surface area contributed by atoms with E-state index in [1.165, 1.54) is 12.8 Å². The van der Waals surface area contributed by atoms with Crippen LogP contribution in [0.4, 0.5) is 0 Å². The Kier molecular flexibility index (Phi) is 3.32. The molecule has 17 heavy (non-hydrogen) atoms. The van der Waals surface area contributed by atoms with Crippen LogP contribution in [-0.2, 0) is 19.7 Å². The Morgan fingerprint density at radius 2 is 1.59 bits per heavy atom. The minimum absolute atomic E-state index is 0.295. The summed E-state index contributed by atoms with van der Waals surface area (Å²) in [6.45, 7) is 0. The lowest BCUT2D eigenvalue weighted by Crippen LogP contribution is -2.32. The van der Waals surface area contributed by atoms with Crippen LogP contribution in [0, 0.1) is 17.8 Å². The zero-order chi connectivity index (χ0) is 12.8. The highest BCUT2D eigenvalue weighted by molar-refractivity contribution is 8.08. The van der Waals surface area contributed by atoms with Crippen molar-refractivity contribution < 1.29 is 16.8 Å². The molecule has 2 saturated carbocycles. The molecule has 3 atom stereocenters. The van der Waals surface area contributed by atoms with Crippen molar-refractivity contribution in [2.45, 2.75) is 36.7 Å². The second-order valence-corrected chi connectivity index (χ2v) is 10.5. The van der Waals surface area contributed by atoms with Gasteiger partial charge in [0.25, 0.3) is 0 Å². The SMILES string of the molecule is CS(=O)(=O)C(CC1CC2CCC1C2)S(C)(=O)=O. The molecule has 0 radical (unpaired) electrons. The van der Waals surface area contributed by atoms with Crippen molar-refractivity contribution in [2.24, 2.45) is 17.8 Å². The van der Waals surface area contributed by atoms with E-state index in [1.807, 2.05) is 0 Å². The Morgan fingerprint density at radius 3 is 1.94 bits per heavy atom. The average Bonchev–Trinajstić information content (AvgIpc) is 2.70. The Bertz CT molecular complexity index is 460. The first-order valence-electron chi connectivity index (χ1n) is 6.05. The zero-order valence-electron chi connectivity index (χ0n) is 10.3. The molecule has 2 rings (SSSR count). The van der Waals surface area contributed by atoms with Gasteiger partial charge in [0, 0.05) is 12.5 Å². The molecule has 0 N–H and O–H groups in total. The van der Waals surface area contributed by atoms with Crippen molar-refractivity contribution in [1.29, 1.82) is 0 Å². The van der Waals surface area contributed by atoms with Gasteiger partial charge in [0.2, 0.25) is 0 Å². The number of sulfone groups is 2. The molecular formula is C11H20O4S2. The quantitative estimate of drug-likeness (QED) is 0.776. The molecule has 0 heterocycles. The van der Waals surface area contributed by atoms with Gasteiger partial charge >= 0.3 is 0 Å². The summed E-state index contributed by atoms with van der Waals surface area (Å²) in [5.74, 6) is 1.57. The lowest BCUT2D eigenvalue weighted by Gasteiger charge is -2.24. The fraction of sp³-hybridized carbons (Fsp3) is 1.00. The van der Waals surface area contributed by atoms with E-state index in [9.17, 15) is 16.8 Å². The van der Waals surface area contributed by atoms with Crippen LogP contribution in [0.5, 0.6) is 0 Å². The molecule has 0 aliphatic heterocycles. The van der Waals surface area contributed by atoms with Gasteiger partial charge in [0.1, 0.15) is 0 Å². The van der Waals surface area contributed by atoms with Crippen molar-refractivity contribution in [1.82, 2.24) is 0 Å². The van der Waals surface area contributed by atoms with E-state index in [-0.39, 0.29) is 0 Å². The standard InChI is InChI=1S/C11H20O4S2/c1-16(12,13)11(17(2,14)15)7-10-6-8-3-4-9(10)5-8/h8-11H,3-7H2,1-2H3. The van der Waals surface area contributed by atoms with Gasteiger partial charge in [-0.25, -0.2) is 16.8 Å². The molecule has 2 bridgehead atoms. The molecule has 3 unspecified atom stereocenters. The van der Waals surface area contributed by atoms with Crippen molar-refractivity contribution in [3.8, 4) is 0 Å². The summed E-state index contributed by atoms with van der Waals surface area (Å²) in [4.78, 5) is 0. The first kappa shape index (κ1) is 13.3. The molecule has 0 aromatic rings. The van der Waals surface area contributed by atoms with Gasteiger partial charge in [0.15, 0.2) is 24.3 Å². The van der Waals surface area contributed by atoms with Gasteiger partial charge < -0.3 is 0 Å². The van der Waals surface area contributed by atoms with Crippen LogP contribution in [0.3, 0.4) is 0 Å². The Labute approximate surface area is 104 Å². The molecule has 2 fully saturated rings. The van der Waals surface area contributed by atoms with Crippen LogP contribution in [0.2, 0.25) is 0 Å². The van der Waals surface area contributed by atoms with E-state index in [4.69, 9.17) is 0 Å². The van der Waals surface area contributed by atoms with E-state index in [0.717, 1.165) is 25.4 Å². The van der Waals surface area contributed by atoms with Gasteiger partial charge in [-0.1, -0.05) is 6.42 Å². The van der Waals surface area contributed by atoms with Crippen LogP contribution in [0.15, 0.2) is 0 Å². The highest BCUT2D eigenvalue weighted by Gasteiger charge is 2.43. The molecule has 0 amide bonds. The minimum Gasteiger partial charge on any atom is -0.228 e. The van der Waals surface area contributed by atoms with Crippen molar-refractivity contribution >= 4 is 19.7 Å². The summed E-state index contributed by atoms with van der Waals surface area (Å²) >= 11 is 0. The number of hydrogen-bond donors (Lipinski definition) is 0. The molecule has 0 saturated heterocycles. The van der Waals surface area contributed by atoms with E-state index in [2.05, 4.69) is 0 Å². The normalized spacial score (nSPS) is 33.5. The van der Waals surface area contributed by atoms with Crippen LogP contribution in [0.1, 0.15) is 32.1 Å². The first-order chi connectivity index (χ1) is 7.68. The van der Waals surface area contributed by atoms with Gasteiger partial charge in [-0.15, -0.1) is 0 Å².